The van der Waals surface area contributed by atoms with Crippen LogP contribution in [0.3, 0.4) is 0 Å². The highest BCUT2D eigenvalue weighted by atomic mass is 79.9. The van der Waals surface area contributed by atoms with Crippen molar-refractivity contribution in [2.45, 2.75) is 44.5 Å². The molecule has 0 radical (unpaired) electrons. The SMILES string of the molecule is CCOC(=O)C1CCN(C(=O)c2nnn(-c3ccc(Br)cc3)c2CSc2nc(C)cc(C)n2)CC1. The van der Waals surface area contributed by atoms with Crippen molar-refractivity contribution in [1.29, 1.82) is 0 Å². The molecular formula is C24H27BrN6O3S. The molecule has 184 valence electrons. The van der Waals surface area contributed by atoms with E-state index in [1.165, 1.54) is 11.8 Å². The molecule has 11 heteroatoms. The van der Waals surface area contributed by atoms with E-state index in [4.69, 9.17) is 4.74 Å². The lowest BCUT2D eigenvalue weighted by Crippen LogP contribution is -2.41. The number of ether oxygens (including phenoxy) is 1. The van der Waals surface area contributed by atoms with E-state index in [0.29, 0.717) is 54.8 Å². The van der Waals surface area contributed by atoms with E-state index in [2.05, 4.69) is 36.2 Å². The van der Waals surface area contributed by atoms with Crippen LogP contribution >= 0.6 is 27.7 Å². The predicted octanol–water partition coefficient (Wildman–Crippen LogP) is 4.14. The highest BCUT2D eigenvalue weighted by molar-refractivity contribution is 9.10. The van der Waals surface area contributed by atoms with E-state index in [0.717, 1.165) is 21.5 Å². The molecular weight excluding hydrogens is 532 g/mol. The Morgan fingerprint density at radius 2 is 1.77 bits per heavy atom. The molecule has 0 bridgehead atoms. The maximum absolute atomic E-state index is 13.5. The van der Waals surface area contributed by atoms with Crippen molar-refractivity contribution in [3.8, 4) is 5.69 Å². The zero-order valence-electron chi connectivity index (χ0n) is 19.9. The summed E-state index contributed by atoms with van der Waals surface area (Å²) in [6, 6.07) is 9.59. The zero-order chi connectivity index (χ0) is 24.9. The van der Waals surface area contributed by atoms with Crippen LogP contribution in [-0.2, 0) is 15.3 Å². The fourth-order valence-corrected chi connectivity index (χ4v) is 5.21. The van der Waals surface area contributed by atoms with Gasteiger partial charge in [0.05, 0.1) is 23.9 Å². The lowest BCUT2D eigenvalue weighted by atomic mass is 9.97. The Bertz CT molecular complexity index is 1190. The minimum atomic E-state index is -0.189. The molecule has 1 amide bonds. The topological polar surface area (TPSA) is 103 Å². The number of aromatic nitrogens is 5. The maximum atomic E-state index is 13.5. The Hall–Kier alpha value is -2.79. The highest BCUT2D eigenvalue weighted by Crippen LogP contribution is 2.26. The summed E-state index contributed by atoms with van der Waals surface area (Å²) in [5.41, 5.74) is 3.57. The molecule has 1 aliphatic rings. The van der Waals surface area contributed by atoms with E-state index in [9.17, 15) is 9.59 Å². The van der Waals surface area contributed by atoms with Gasteiger partial charge in [0.25, 0.3) is 5.91 Å². The summed E-state index contributed by atoms with van der Waals surface area (Å²) in [6.07, 6.45) is 1.15. The lowest BCUT2D eigenvalue weighted by Gasteiger charge is -2.30. The number of thioether (sulfide) groups is 1. The first-order chi connectivity index (χ1) is 16.9. The summed E-state index contributed by atoms with van der Waals surface area (Å²) in [4.78, 5) is 36.3. The maximum Gasteiger partial charge on any atom is 0.309 e. The van der Waals surface area contributed by atoms with Crippen LogP contribution in [0.4, 0.5) is 0 Å². The van der Waals surface area contributed by atoms with Gasteiger partial charge in [-0.15, -0.1) is 5.10 Å². The number of carbonyl (C=O) groups is 2. The van der Waals surface area contributed by atoms with Crippen molar-refractivity contribution in [3.05, 3.63) is 57.6 Å². The summed E-state index contributed by atoms with van der Waals surface area (Å²) in [6.45, 7) is 6.97. The molecule has 1 fully saturated rings. The second-order valence-electron chi connectivity index (χ2n) is 8.31. The molecule has 3 aromatic rings. The minimum Gasteiger partial charge on any atom is -0.466 e. The predicted molar refractivity (Wildman–Crippen MR) is 135 cm³/mol. The smallest absolute Gasteiger partial charge is 0.309 e. The first kappa shape index (κ1) is 25.3. The fraction of sp³-hybridized carbons (Fsp3) is 0.417. The second kappa shape index (κ2) is 11.3. The second-order valence-corrected chi connectivity index (χ2v) is 10.2. The van der Waals surface area contributed by atoms with Crippen molar-refractivity contribution in [1.82, 2.24) is 29.9 Å². The molecule has 1 aliphatic heterocycles. The van der Waals surface area contributed by atoms with Gasteiger partial charge >= 0.3 is 5.97 Å². The van der Waals surface area contributed by atoms with Crippen molar-refractivity contribution < 1.29 is 14.3 Å². The van der Waals surface area contributed by atoms with Gasteiger partial charge in [-0.1, -0.05) is 32.9 Å². The molecule has 0 spiro atoms. The number of halogens is 1. The van der Waals surface area contributed by atoms with Gasteiger partial charge in [0.2, 0.25) is 0 Å². The number of likely N-dealkylation sites (tertiary alicyclic amines) is 1. The number of rotatable bonds is 7. The normalized spacial score (nSPS) is 14.2. The van der Waals surface area contributed by atoms with Crippen molar-refractivity contribution in [2.75, 3.05) is 19.7 Å². The van der Waals surface area contributed by atoms with Gasteiger partial charge in [-0.05, 0) is 63.9 Å². The number of carbonyl (C=O) groups excluding carboxylic acids is 2. The quantitative estimate of drug-likeness (QED) is 0.242. The number of esters is 1. The molecule has 4 rings (SSSR count). The van der Waals surface area contributed by atoms with E-state index in [-0.39, 0.29) is 17.8 Å². The van der Waals surface area contributed by atoms with E-state index >= 15 is 0 Å². The molecule has 0 atom stereocenters. The molecule has 1 aromatic carbocycles. The molecule has 0 N–H and O–H groups in total. The van der Waals surface area contributed by atoms with Gasteiger partial charge in [0, 0.05) is 34.7 Å². The largest absolute Gasteiger partial charge is 0.466 e. The number of hydrogen-bond acceptors (Lipinski definition) is 8. The molecule has 0 aliphatic carbocycles. The zero-order valence-corrected chi connectivity index (χ0v) is 22.3. The molecule has 9 nitrogen and oxygen atoms in total. The standard InChI is InChI=1S/C24H27BrN6O3S/c1-4-34-23(33)17-9-11-30(12-10-17)22(32)21-20(14-35-24-26-15(2)13-16(3)27-24)31(29-28-21)19-7-5-18(25)6-8-19/h5-8,13,17H,4,9-12,14H2,1-3H3. The van der Waals surface area contributed by atoms with E-state index < -0.39 is 0 Å². The third-order valence-electron chi connectivity index (χ3n) is 5.74. The van der Waals surface area contributed by atoms with Crippen LogP contribution in [-0.4, -0.2) is 61.4 Å². The fourth-order valence-electron chi connectivity index (χ4n) is 4.01. The van der Waals surface area contributed by atoms with Crippen LogP contribution in [0.15, 0.2) is 40.0 Å². The summed E-state index contributed by atoms with van der Waals surface area (Å²) in [5.74, 6) is -0.125. The third kappa shape index (κ3) is 6.07. The van der Waals surface area contributed by atoms with E-state index in [1.807, 2.05) is 44.2 Å². The van der Waals surface area contributed by atoms with Gasteiger partial charge in [0.15, 0.2) is 10.9 Å². The van der Waals surface area contributed by atoms with Crippen LogP contribution in [0.2, 0.25) is 0 Å². The molecule has 0 unspecified atom stereocenters. The monoisotopic (exact) mass is 558 g/mol. The van der Waals surface area contributed by atoms with Crippen molar-refractivity contribution in [3.63, 3.8) is 0 Å². The first-order valence-corrected chi connectivity index (χ1v) is 13.2. The highest BCUT2D eigenvalue weighted by Gasteiger charge is 2.31. The number of amides is 1. The molecule has 35 heavy (non-hydrogen) atoms. The average Bonchev–Trinajstić information content (AvgIpc) is 3.26. The van der Waals surface area contributed by atoms with Crippen LogP contribution in [0.5, 0.6) is 0 Å². The Morgan fingerprint density at radius 3 is 2.40 bits per heavy atom. The average molecular weight is 559 g/mol. The first-order valence-electron chi connectivity index (χ1n) is 11.5. The molecule has 2 aromatic heterocycles. The van der Waals surface area contributed by atoms with Crippen LogP contribution in [0.25, 0.3) is 5.69 Å². The van der Waals surface area contributed by atoms with Crippen molar-refractivity contribution >= 4 is 39.6 Å². The molecule has 1 saturated heterocycles. The third-order valence-corrected chi connectivity index (χ3v) is 7.13. The Labute approximate surface area is 216 Å². The number of nitrogens with zero attached hydrogens (tertiary/aromatic N) is 6. The summed E-state index contributed by atoms with van der Waals surface area (Å²) >= 11 is 4.90. The van der Waals surface area contributed by atoms with Gasteiger partial charge < -0.3 is 9.64 Å². The molecule has 0 saturated carbocycles. The van der Waals surface area contributed by atoms with Crippen LogP contribution in [0, 0.1) is 19.8 Å². The Balaban J connectivity index is 1.58. The number of aryl methyl sites for hydroxylation is 2. The van der Waals surface area contributed by atoms with Gasteiger partial charge in [-0.2, -0.15) is 0 Å². The Morgan fingerprint density at radius 1 is 1.11 bits per heavy atom. The van der Waals surface area contributed by atoms with Crippen molar-refractivity contribution in [2.24, 2.45) is 5.92 Å². The summed E-state index contributed by atoms with van der Waals surface area (Å²) in [7, 11) is 0. The number of piperidine rings is 1. The van der Waals surface area contributed by atoms with Crippen LogP contribution in [0.1, 0.15) is 47.3 Å². The van der Waals surface area contributed by atoms with Gasteiger partial charge in [-0.25, -0.2) is 14.6 Å². The van der Waals surface area contributed by atoms with E-state index in [1.54, 1.807) is 16.5 Å². The lowest BCUT2D eigenvalue weighted by molar-refractivity contribution is -0.149. The summed E-state index contributed by atoms with van der Waals surface area (Å²) < 4.78 is 7.79. The van der Waals surface area contributed by atoms with Crippen LogP contribution < -0.4 is 0 Å². The number of hydrogen-bond donors (Lipinski definition) is 0. The Kier molecular flexibility index (Phi) is 8.17. The summed E-state index contributed by atoms with van der Waals surface area (Å²) in [5, 5.41) is 9.25. The number of benzene rings is 1. The molecule has 3 heterocycles. The minimum absolute atomic E-state index is 0.172. The van der Waals surface area contributed by atoms with Gasteiger partial charge in [-0.3, -0.25) is 9.59 Å². The van der Waals surface area contributed by atoms with Gasteiger partial charge in [0.1, 0.15) is 0 Å².